The van der Waals surface area contributed by atoms with Crippen molar-refractivity contribution < 1.29 is 18.7 Å². The smallest absolute Gasteiger partial charge is 0.297 e. The number of nitrogens with zero attached hydrogens (tertiary/aromatic N) is 2. The average Bonchev–Trinajstić information content (AvgIpc) is 3.37. The first-order chi connectivity index (χ1) is 17.8. The molecule has 4 aromatic rings. The molecule has 0 aliphatic carbocycles. The molecule has 1 atom stereocenters. The number of ether oxygens (including phenoxy) is 2. The number of thiazole rings is 1. The van der Waals surface area contributed by atoms with Gasteiger partial charge in [-0.15, -0.1) is 11.3 Å². The second-order valence-electron chi connectivity index (χ2n) is 9.00. The number of halogens is 1. The highest BCUT2D eigenvalue weighted by Gasteiger charge is 2.45. The molecule has 37 heavy (non-hydrogen) atoms. The van der Waals surface area contributed by atoms with Gasteiger partial charge in [-0.1, -0.05) is 41.8 Å². The Kier molecular flexibility index (Phi) is 7.09. The molecule has 3 heterocycles. The normalized spacial score (nSPS) is 14.9. The van der Waals surface area contributed by atoms with Crippen molar-refractivity contribution in [2.24, 2.45) is 0 Å². The fourth-order valence-corrected chi connectivity index (χ4v) is 5.82. The van der Waals surface area contributed by atoms with Gasteiger partial charge >= 0.3 is 0 Å². The second-order valence-corrected chi connectivity index (χ2v) is 11.1. The lowest BCUT2D eigenvalue weighted by molar-refractivity contribution is 0.0971. The monoisotopic (exact) mass is 582 g/mol. The van der Waals surface area contributed by atoms with Crippen molar-refractivity contribution in [3.63, 3.8) is 0 Å². The lowest BCUT2D eigenvalue weighted by atomic mass is 9.98. The largest absolute Gasteiger partial charge is 0.493 e. The maximum Gasteiger partial charge on any atom is 0.297 e. The van der Waals surface area contributed by atoms with Crippen LogP contribution in [0, 0.1) is 13.8 Å². The molecule has 9 heteroatoms. The predicted molar refractivity (Wildman–Crippen MR) is 148 cm³/mol. The van der Waals surface area contributed by atoms with E-state index < -0.39 is 11.9 Å². The van der Waals surface area contributed by atoms with Crippen molar-refractivity contribution in [3.05, 3.63) is 78.6 Å². The number of carbonyl (C=O) groups excluding carboxylic acids is 1. The average molecular weight is 584 g/mol. The number of amides is 1. The summed E-state index contributed by atoms with van der Waals surface area (Å²) in [7, 11) is 1.58. The van der Waals surface area contributed by atoms with Gasteiger partial charge in [0.15, 0.2) is 22.1 Å². The molecule has 1 aliphatic heterocycles. The standard InChI is InChI=1S/C28H27BrN2O5S/c1-5-6-7-12-35-21-10-8-17(13-22(21)34-4)24-23-25(32)19-14-18(29)9-11-20(19)36-26(23)27(33)31(24)28-30-15(2)16(3)37-28/h8-11,13-14,24H,5-7,12H2,1-4H3. The highest BCUT2D eigenvalue weighted by atomic mass is 79.9. The summed E-state index contributed by atoms with van der Waals surface area (Å²) in [5.74, 6) is 0.798. The van der Waals surface area contributed by atoms with Crippen LogP contribution in [0.15, 0.2) is 50.1 Å². The van der Waals surface area contributed by atoms with Gasteiger partial charge in [-0.2, -0.15) is 0 Å². The molecule has 2 aromatic heterocycles. The zero-order chi connectivity index (χ0) is 26.3. The van der Waals surface area contributed by atoms with E-state index in [0.29, 0.717) is 45.3 Å². The summed E-state index contributed by atoms with van der Waals surface area (Å²) in [6.45, 7) is 6.59. The van der Waals surface area contributed by atoms with E-state index in [2.05, 4.69) is 27.8 Å². The molecule has 1 aliphatic rings. The van der Waals surface area contributed by atoms with Crippen molar-refractivity contribution in [2.75, 3.05) is 18.6 Å². The maximum absolute atomic E-state index is 13.8. The van der Waals surface area contributed by atoms with Crippen molar-refractivity contribution in [3.8, 4) is 11.5 Å². The van der Waals surface area contributed by atoms with Crippen LogP contribution in [0.25, 0.3) is 11.0 Å². The fourth-order valence-electron chi connectivity index (χ4n) is 4.52. The Labute approximate surface area is 227 Å². The molecule has 1 amide bonds. The minimum Gasteiger partial charge on any atom is -0.493 e. The number of aryl methyl sites for hydroxylation is 2. The summed E-state index contributed by atoms with van der Waals surface area (Å²) < 4.78 is 18.4. The van der Waals surface area contributed by atoms with Gasteiger partial charge in [-0.05, 0) is 56.2 Å². The van der Waals surface area contributed by atoms with Crippen LogP contribution in [-0.2, 0) is 0 Å². The van der Waals surface area contributed by atoms with Crippen LogP contribution in [0.3, 0.4) is 0 Å². The summed E-state index contributed by atoms with van der Waals surface area (Å²) in [4.78, 5) is 34.8. The van der Waals surface area contributed by atoms with E-state index in [1.165, 1.54) is 11.3 Å². The molecule has 0 saturated heterocycles. The molecule has 0 radical (unpaired) electrons. The number of methoxy groups -OCH3 is 1. The van der Waals surface area contributed by atoms with Gasteiger partial charge in [0.2, 0.25) is 5.76 Å². The Balaban J connectivity index is 1.68. The first kappa shape index (κ1) is 25.5. The summed E-state index contributed by atoms with van der Waals surface area (Å²) in [6.07, 6.45) is 3.14. The van der Waals surface area contributed by atoms with E-state index in [1.807, 2.05) is 32.0 Å². The third-order valence-electron chi connectivity index (χ3n) is 6.56. The van der Waals surface area contributed by atoms with E-state index in [-0.39, 0.29) is 11.2 Å². The maximum atomic E-state index is 13.8. The third kappa shape index (κ3) is 4.55. The summed E-state index contributed by atoms with van der Waals surface area (Å²) >= 11 is 4.85. The van der Waals surface area contributed by atoms with Crippen LogP contribution in [0.4, 0.5) is 5.13 Å². The predicted octanol–water partition coefficient (Wildman–Crippen LogP) is 6.96. The van der Waals surface area contributed by atoms with E-state index in [0.717, 1.165) is 34.3 Å². The summed E-state index contributed by atoms with van der Waals surface area (Å²) in [6, 6.07) is 10.00. The lowest BCUT2D eigenvalue weighted by Gasteiger charge is -2.23. The zero-order valence-corrected chi connectivity index (χ0v) is 23.5. The SMILES string of the molecule is CCCCCOc1ccc(C2c3c(oc4ccc(Br)cc4c3=O)C(=O)N2c2nc(C)c(C)s2)cc1OC. The van der Waals surface area contributed by atoms with Crippen molar-refractivity contribution >= 4 is 49.3 Å². The summed E-state index contributed by atoms with van der Waals surface area (Å²) in [5, 5.41) is 0.919. The second kappa shape index (κ2) is 10.3. The Bertz CT molecular complexity index is 1540. The number of benzene rings is 2. The molecule has 0 saturated carbocycles. The fraction of sp³-hybridized carbons (Fsp3) is 0.321. The number of hydrogen-bond donors (Lipinski definition) is 0. The number of hydrogen-bond acceptors (Lipinski definition) is 7. The van der Waals surface area contributed by atoms with Gasteiger partial charge in [0.1, 0.15) is 5.58 Å². The first-order valence-electron chi connectivity index (χ1n) is 12.2. The number of carbonyl (C=O) groups is 1. The van der Waals surface area contributed by atoms with E-state index in [9.17, 15) is 9.59 Å². The van der Waals surface area contributed by atoms with Crippen LogP contribution >= 0.6 is 27.3 Å². The van der Waals surface area contributed by atoms with Gasteiger partial charge in [-0.25, -0.2) is 4.98 Å². The number of unbranched alkanes of at least 4 members (excludes halogenated alkanes) is 2. The van der Waals surface area contributed by atoms with Gasteiger partial charge in [0.05, 0.1) is 36.4 Å². The molecule has 0 N–H and O–H groups in total. The highest BCUT2D eigenvalue weighted by Crippen LogP contribution is 2.44. The molecule has 0 fully saturated rings. The Morgan fingerprint density at radius 3 is 2.62 bits per heavy atom. The van der Waals surface area contributed by atoms with Gasteiger partial charge in [0.25, 0.3) is 5.91 Å². The summed E-state index contributed by atoms with van der Waals surface area (Å²) in [5.41, 5.74) is 1.95. The van der Waals surface area contributed by atoms with Crippen molar-refractivity contribution in [1.82, 2.24) is 4.98 Å². The van der Waals surface area contributed by atoms with E-state index in [1.54, 1.807) is 30.2 Å². The minimum atomic E-state index is -0.727. The highest BCUT2D eigenvalue weighted by molar-refractivity contribution is 9.10. The van der Waals surface area contributed by atoms with Crippen LogP contribution in [0.5, 0.6) is 11.5 Å². The number of rotatable bonds is 8. The molecule has 192 valence electrons. The minimum absolute atomic E-state index is 0.0363. The number of fused-ring (bicyclic) bond motifs is 2. The number of anilines is 1. The molecule has 0 bridgehead atoms. The van der Waals surface area contributed by atoms with Crippen LogP contribution < -0.4 is 19.8 Å². The molecule has 0 spiro atoms. The van der Waals surface area contributed by atoms with Crippen molar-refractivity contribution in [1.29, 1.82) is 0 Å². The molecular weight excluding hydrogens is 556 g/mol. The Morgan fingerprint density at radius 2 is 1.92 bits per heavy atom. The molecule has 2 aromatic carbocycles. The van der Waals surface area contributed by atoms with Crippen LogP contribution in [-0.4, -0.2) is 24.6 Å². The van der Waals surface area contributed by atoms with E-state index in [4.69, 9.17) is 13.9 Å². The van der Waals surface area contributed by atoms with Gasteiger partial charge < -0.3 is 13.9 Å². The van der Waals surface area contributed by atoms with Crippen molar-refractivity contribution in [2.45, 2.75) is 46.1 Å². The topological polar surface area (TPSA) is 81.9 Å². The molecular formula is C28H27BrN2O5S. The Morgan fingerprint density at radius 1 is 1.11 bits per heavy atom. The van der Waals surface area contributed by atoms with Gasteiger partial charge in [-0.3, -0.25) is 14.5 Å². The van der Waals surface area contributed by atoms with Crippen LogP contribution in [0.2, 0.25) is 0 Å². The third-order valence-corrected chi connectivity index (χ3v) is 8.13. The van der Waals surface area contributed by atoms with Crippen LogP contribution in [0.1, 0.15) is 64.5 Å². The molecule has 1 unspecified atom stereocenters. The molecule has 7 nitrogen and oxygen atoms in total. The lowest BCUT2D eigenvalue weighted by Crippen LogP contribution is -2.29. The first-order valence-corrected chi connectivity index (χ1v) is 13.8. The zero-order valence-electron chi connectivity index (χ0n) is 21.1. The molecule has 5 rings (SSSR count). The van der Waals surface area contributed by atoms with E-state index >= 15 is 0 Å². The van der Waals surface area contributed by atoms with Gasteiger partial charge in [0, 0.05) is 9.35 Å². The Hall–Kier alpha value is -3.17. The number of aromatic nitrogens is 1. The quantitative estimate of drug-likeness (QED) is 0.209.